The van der Waals surface area contributed by atoms with Crippen molar-refractivity contribution < 1.29 is 4.79 Å². The van der Waals surface area contributed by atoms with Crippen molar-refractivity contribution in [1.29, 1.82) is 5.26 Å². The number of H-pyrrole nitrogens is 1. The Bertz CT molecular complexity index is 950. The molecule has 6 nitrogen and oxygen atoms in total. The number of halogens is 1. The molecule has 1 aromatic heterocycles. The molecule has 25 heavy (non-hydrogen) atoms. The van der Waals surface area contributed by atoms with Crippen molar-refractivity contribution in [2.75, 3.05) is 11.1 Å². The highest BCUT2D eigenvalue weighted by molar-refractivity contribution is 9.10. The van der Waals surface area contributed by atoms with Crippen LogP contribution in [-0.2, 0) is 4.79 Å². The van der Waals surface area contributed by atoms with Gasteiger partial charge in [0.25, 0.3) is 0 Å². The van der Waals surface area contributed by atoms with E-state index in [1.807, 2.05) is 30.3 Å². The standard InChI is InChI=1S/C17H12BrN5OS/c18-14-7-2-1-6-13(14)16-21-17(23-22-16)25-10-15(24)20-12-5-3-4-11(8-12)9-19/h1-8H,10H2,(H,20,24)(H,21,22,23). The minimum Gasteiger partial charge on any atom is -0.325 e. The monoisotopic (exact) mass is 413 g/mol. The Morgan fingerprint density at radius 3 is 2.92 bits per heavy atom. The van der Waals surface area contributed by atoms with Crippen LogP contribution in [0.2, 0.25) is 0 Å². The van der Waals surface area contributed by atoms with Gasteiger partial charge in [0, 0.05) is 15.7 Å². The maximum atomic E-state index is 12.0. The molecular weight excluding hydrogens is 402 g/mol. The molecule has 1 heterocycles. The average Bonchev–Trinajstić information content (AvgIpc) is 3.09. The lowest BCUT2D eigenvalue weighted by Gasteiger charge is -2.04. The molecule has 0 saturated heterocycles. The van der Waals surface area contributed by atoms with Crippen molar-refractivity contribution in [3.8, 4) is 17.5 Å². The summed E-state index contributed by atoms with van der Waals surface area (Å²) in [6, 6.07) is 16.5. The fraction of sp³-hybridized carbons (Fsp3) is 0.0588. The first-order valence-electron chi connectivity index (χ1n) is 7.26. The third-order valence-electron chi connectivity index (χ3n) is 3.20. The van der Waals surface area contributed by atoms with Crippen LogP contribution < -0.4 is 5.32 Å². The molecule has 0 atom stereocenters. The second-order valence-corrected chi connectivity index (χ2v) is 6.77. The van der Waals surface area contributed by atoms with E-state index >= 15 is 0 Å². The van der Waals surface area contributed by atoms with E-state index in [2.05, 4.69) is 36.4 Å². The lowest BCUT2D eigenvalue weighted by molar-refractivity contribution is -0.113. The molecule has 0 aliphatic rings. The van der Waals surface area contributed by atoms with Crippen LogP contribution in [0.15, 0.2) is 58.2 Å². The molecule has 0 fully saturated rings. The van der Waals surface area contributed by atoms with Gasteiger partial charge in [-0.25, -0.2) is 4.98 Å². The Kier molecular flexibility index (Phi) is 5.48. The summed E-state index contributed by atoms with van der Waals surface area (Å²) in [4.78, 5) is 16.4. The molecule has 0 aliphatic carbocycles. The van der Waals surface area contributed by atoms with Gasteiger partial charge in [0.15, 0.2) is 5.82 Å². The number of hydrogen-bond acceptors (Lipinski definition) is 5. The zero-order valence-corrected chi connectivity index (χ0v) is 15.3. The van der Waals surface area contributed by atoms with Gasteiger partial charge >= 0.3 is 0 Å². The van der Waals surface area contributed by atoms with Crippen molar-refractivity contribution in [1.82, 2.24) is 15.2 Å². The van der Waals surface area contributed by atoms with E-state index in [4.69, 9.17) is 5.26 Å². The fourth-order valence-electron chi connectivity index (χ4n) is 2.08. The highest BCUT2D eigenvalue weighted by atomic mass is 79.9. The Hall–Kier alpha value is -2.63. The number of nitriles is 1. The lowest BCUT2D eigenvalue weighted by Crippen LogP contribution is -2.14. The van der Waals surface area contributed by atoms with Gasteiger partial charge in [0.2, 0.25) is 11.1 Å². The molecule has 0 aliphatic heterocycles. The summed E-state index contributed by atoms with van der Waals surface area (Å²) in [5.41, 5.74) is 1.99. The number of carbonyl (C=O) groups excluding carboxylic acids is 1. The number of anilines is 1. The number of rotatable bonds is 5. The van der Waals surface area contributed by atoms with Gasteiger partial charge in [-0.3, -0.25) is 9.89 Å². The topological polar surface area (TPSA) is 94.5 Å². The van der Waals surface area contributed by atoms with Crippen LogP contribution in [0.4, 0.5) is 5.69 Å². The second-order valence-electron chi connectivity index (χ2n) is 4.98. The predicted octanol–water partition coefficient (Wildman–Crippen LogP) is 3.84. The third kappa shape index (κ3) is 4.47. The highest BCUT2D eigenvalue weighted by Gasteiger charge is 2.11. The van der Waals surface area contributed by atoms with Crippen LogP contribution in [0.3, 0.4) is 0 Å². The first-order chi connectivity index (χ1) is 12.2. The number of amides is 1. The summed E-state index contributed by atoms with van der Waals surface area (Å²) in [5.74, 6) is 0.619. The van der Waals surface area contributed by atoms with Crippen LogP contribution in [-0.4, -0.2) is 26.8 Å². The van der Waals surface area contributed by atoms with Gasteiger partial charge in [-0.2, -0.15) is 5.26 Å². The van der Waals surface area contributed by atoms with Gasteiger partial charge in [-0.05, 0) is 24.3 Å². The predicted molar refractivity (Wildman–Crippen MR) is 100 cm³/mol. The van der Waals surface area contributed by atoms with Gasteiger partial charge in [0.1, 0.15) is 0 Å². The van der Waals surface area contributed by atoms with Crippen molar-refractivity contribution >= 4 is 39.3 Å². The minimum absolute atomic E-state index is 0.171. The fourth-order valence-corrected chi connectivity index (χ4v) is 3.15. The molecule has 2 aromatic carbocycles. The van der Waals surface area contributed by atoms with E-state index < -0.39 is 0 Å². The molecule has 0 bridgehead atoms. The Morgan fingerprint density at radius 2 is 2.12 bits per heavy atom. The van der Waals surface area contributed by atoms with Gasteiger partial charge in [0.05, 0.1) is 17.4 Å². The summed E-state index contributed by atoms with van der Waals surface area (Å²) in [7, 11) is 0. The Balaban J connectivity index is 1.60. The van der Waals surface area contributed by atoms with Crippen LogP contribution in [0.25, 0.3) is 11.4 Å². The van der Waals surface area contributed by atoms with Crippen LogP contribution >= 0.6 is 27.7 Å². The quantitative estimate of drug-likeness (QED) is 0.619. The third-order valence-corrected chi connectivity index (χ3v) is 4.74. The molecule has 8 heteroatoms. The van der Waals surface area contributed by atoms with E-state index in [-0.39, 0.29) is 11.7 Å². The van der Waals surface area contributed by atoms with Crippen molar-refractivity contribution in [2.45, 2.75) is 5.16 Å². The maximum Gasteiger partial charge on any atom is 0.234 e. The van der Waals surface area contributed by atoms with Gasteiger partial charge in [-0.15, -0.1) is 5.10 Å². The number of hydrogen-bond donors (Lipinski definition) is 2. The SMILES string of the molecule is N#Cc1cccc(NC(=O)CSc2n[nH]c(-c3ccccc3Br)n2)c1. The van der Waals surface area contributed by atoms with E-state index in [1.165, 1.54) is 11.8 Å². The zero-order valence-electron chi connectivity index (χ0n) is 12.9. The zero-order chi connectivity index (χ0) is 17.6. The van der Waals surface area contributed by atoms with E-state index in [1.54, 1.807) is 24.3 Å². The molecule has 0 spiro atoms. The number of carbonyl (C=O) groups is 1. The summed E-state index contributed by atoms with van der Waals surface area (Å²) >= 11 is 4.70. The van der Waals surface area contributed by atoms with Crippen molar-refractivity contribution in [3.63, 3.8) is 0 Å². The number of nitrogens with zero attached hydrogens (tertiary/aromatic N) is 3. The molecule has 3 aromatic rings. The van der Waals surface area contributed by atoms with Crippen molar-refractivity contribution in [2.24, 2.45) is 0 Å². The van der Waals surface area contributed by atoms with Crippen LogP contribution in [0.1, 0.15) is 5.56 Å². The maximum absolute atomic E-state index is 12.0. The molecule has 124 valence electrons. The molecule has 0 unspecified atom stereocenters. The second kappa shape index (κ2) is 7.96. The Labute approximate surface area is 156 Å². The van der Waals surface area contributed by atoms with Crippen molar-refractivity contribution in [3.05, 3.63) is 58.6 Å². The van der Waals surface area contributed by atoms with Gasteiger partial charge < -0.3 is 5.32 Å². The first-order valence-corrected chi connectivity index (χ1v) is 9.03. The number of nitrogens with one attached hydrogen (secondary N) is 2. The summed E-state index contributed by atoms with van der Waals surface area (Å²) < 4.78 is 0.915. The van der Waals surface area contributed by atoms with Gasteiger partial charge in [-0.1, -0.05) is 52.0 Å². The van der Waals surface area contributed by atoms with E-state index in [0.717, 1.165) is 10.0 Å². The first kappa shape index (κ1) is 17.2. The van der Waals surface area contributed by atoms with E-state index in [0.29, 0.717) is 22.2 Å². The summed E-state index contributed by atoms with van der Waals surface area (Å²) in [6.45, 7) is 0. The normalized spacial score (nSPS) is 10.2. The summed E-state index contributed by atoms with van der Waals surface area (Å²) in [5, 5.41) is 19.1. The van der Waals surface area contributed by atoms with Crippen LogP contribution in [0.5, 0.6) is 0 Å². The molecule has 2 N–H and O–H groups in total. The molecule has 1 amide bonds. The average molecular weight is 414 g/mol. The minimum atomic E-state index is -0.188. The molecule has 3 rings (SSSR count). The number of thioether (sulfide) groups is 1. The summed E-state index contributed by atoms with van der Waals surface area (Å²) in [6.07, 6.45) is 0. The number of aromatic amines is 1. The highest BCUT2D eigenvalue weighted by Crippen LogP contribution is 2.26. The van der Waals surface area contributed by atoms with E-state index in [9.17, 15) is 4.79 Å². The number of aromatic nitrogens is 3. The molecular formula is C17H12BrN5OS. The Morgan fingerprint density at radius 1 is 1.28 bits per heavy atom. The number of benzene rings is 2. The van der Waals surface area contributed by atoms with Crippen LogP contribution in [0, 0.1) is 11.3 Å². The smallest absolute Gasteiger partial charge is 0.234 e. The molecule has 0 saturated carbocycles. The molecule has 0 radical (unpaired) electrons. The lowest BCUT2D eigenvalue weighted by atomic mass is 10.2. The largest absolute Gasteiger partial charge is 0.325 e.